The second-order valence-corrected chi connectivity index (χ2v) is 5.68. The second kappa shape index (κ2) is 8.15. The van der Waals surface area contributed by atoms with Crippen molar-refractivity contribution < 1.29 is 26.5 Å². The molecule has 0 fully saturated rings. The first-order chi connectivity index (χ1) is 9.54. The van der Waals surface area contributed by atoms with Gasteiger partial charge in [-0.25, -0.2) is 9.98 Å². The van der Waals surface area contributed by atoms with Crippen LogP contribution in [0.2, 0.25) is 0 Å². The fourth-order valence-corrected chi connectivity index (χ4v) is 1.21. The average Bonchev–Trinajstić information content (AvgIpc) is 2.99. The van der Waals surface area contributed by atoms with E-state index >= 15 is 0 Å². The Bertz CT molecular complexity index is 471. The van der Waals surface area contributed by atoms with Gasteiger partial charge in [0.2, 0.25) is 0 Å². The lowest BCUT2D eigenvalue weighted by atomic mass is 10.5. The van der Waals surface area contributed by atoms with Crippen LogP contribution in [0.15, 0.2) is 34.8 Å². The van der Waals surface area contributed by atoms with Crippen molar-refractivity contribution in [3.63, 3.8) is 0 Å². The molecule has 21 heavy (non-hydrogen) atoms. The maximum atomic E-state index is 8.52. The molecular formula is C12H22N4O4S. The van der Waals surface area contributed by atoms with Crippen molar-refractivity contribution >= 4 is 23.1 Å². The first kappa shape index (κ1) is 19.6. The highest BCUT2D eigenvalue weighted by atomic mass is 32.3. The summed E-state index contributed by atoms with van der Waals surface area (Å²) in [7, 11) is -0.931. The molecule has 2 aliphatic rings. The fraction of sp³-hybridized carbons (Fsp3) is 0.500. The zero-order valence-electron chi connectivity index (χ0n) is 12.7. The van der Waals surface area contributed by atoms with Crippen molar-refractivity contribution in [3.8, 4) is 0 Å². The second-order valence-electron chi connectivity index (χ2n) is 4.86. The summed E-state index contributed by atoms with van der Waals surface area (Å²) in [5.41, 5.74) is 0. The van der Waals surface area contributed by atoms with E-state index < -0.39 is 10.4 Å². The Morgan fingerprint density at radius 2 is 1.19 bits per heavy atom. The molecule has 0 amide bonds. The SMILES string of the molecule is CC[N+]1(C)C=CN=C1.CC[N+]1(C)C=CN=C1.O=S(=O)([O-])[O-]. The fourth-order valence-electron chi connectivity index (χ4n) is 1.21. The van der Waals surface area contributed by atoms with Crippen molar-refractivity contribution in [3.05, 3.63) is 24.8 Å². The summed E-state index contributed by atoms with van der Waals surface area (Å²) < 4.78 is 35.8. The van der Waals surface area contributed by atoms with E-state index in [-0.39, 0.29) is 0 Å². The monoisotopic (exact) mass is 318 g/mol. The van der Waals surface area contributed by atoms with E-state index in [2.05, 4.69) is 50.3 Å². The molecule has 2 unspecified atom stereocenters. The van der Waals surface area contributed by atoms with Crippen LogP contribution in [0.4, 0.5) is 0 Å². The molecule has 2 rings (SSSR count). The number of rotatable bonds is 2. The Morgan fingerprint density at radius 1 is 0.905 bits per heavy atom. The molecule has 0 N–H and O–H groups in total. The molecule has 0 spiro atoms. The molecule has 2 aliphatic heterocycles. The van der Waals surface area contributed by atoms with Crippen LogP contribution in [-0.4, -0.2) is 66.4 Å². The number of quaternary nitrogens is 2. The minimum absolute atomic E-state index is 0.847. The molecule has 0 saturated heterocycles. The average molecular weight is 318 g/mol. The summed E-state index contributed by atoms with van der Waals surface area (Å²) in [5, 5.41) is 0. The predicted octanol–water partition coefficient (Wildman–Crippen LogP) is 0.594. The quantitative estimate of drug-likeness (QED) is 0.422. The van der Waals surface area contributed by atoms with Gasteiger partial charge in [-0.05, 0) is 13.8 Å². The molecule has 0 saturated carbocycles. The zero-order valence-corrected chi connectivity index (χ0v) is 13.5. The molecule has 9 heteroatoms. The van der Waals surface area contributed by atoms with Crippen LogP contribution in [0, 0.1) is 0 Å². The van der Waals surface area contributed by atoms with Gasteiger partial charge in [0.1, 0.15) is 12.4 Å². The Morgan fingerprint density at radius 3 is 1.29 bits per heavy atom. The summed E-state index contributed by atoms with van der Waals surface area (Å²) in [4.78, 5) is 7.95. The maximum Gasteiger partial charge on any atom is 0.194 e. The molecule has 0 aliphatic carbocycles. The highest BCUT2D eigenvalue weighted by Crippen LogP contribution is 2.04. The predicted molar refractivity (Wildman–Crippen MR) is 79.2 cm³/mol. The summed E-state index contributed by atoms with van der Waals surface area (Å²) in [6, 6.07) is 0. The van der Waals surface area contributed by atoms with E-state index in [9.17, 15) is 0 Å². The van der Waals surface area contributed by atoms with Crippen molar-refractivity contribution in [1.29, 1.82) is 0 Å². The van der Waals surface area contributed by atoms with E-state index in [1.165, 1.54) is 0 Å². The third kappa shape index (κ3) is 10.0. The molecular weight excluding hydrogens is 296 g/mol. The molecule has 8 nitrogen and oxygen atoms in total. The van der Waals surface area contributed by atoms with Gasteiger partial charge in [-0.15, -0.1) is 0 Å². The smallest absolute Gasteiger partial charge is 0.194 e. The summed E-state index contributed by atoms with van der Waals surface area (Å²) >= 11 is 0. The van der Waals surface area contributed by atoms with Crippen molar-refractivity contribution in [2.45, 2.75) is 13.8 Å². The standard InChI is InChI=1S/2C6H11N2.H2O4S/c2*1-3-8(2)5-4-7-6-8;1-5(2,3)4/h2*4-6H,3H2,1-2H3;(H2,1,2,3,4)/q2*+1;/p-2. The van der Waals surface area contributed by atoms with Crippen LogP contribution in [0.1, 0.15) is 13.8 Å². The summed E-state index contributed by atoms with van der Waals surface area (Å²) in [6.45, 7) is 6.45. The van der Waals surface area contributed by atoms with Crippen LogP contribution >= 0.6 is 0 Å². The third-order valence-corrected chi connectivity index (χ3v) is 3.01. The first-order valence-electron chi connectivity index (χ1n) is 6.34. The normalized spacial score (nSPS) is 28.9. The number of nitrogens with zero attached hydrogens (tertiary/aromatic N) is 4. The minimum Gasteiger partial charge on any atom is -0.759 e. The Hall–Kier alpha value is -1.39. The van der Waals surface area contributed by atoms with Crippen molar-refractivity contribution in [2.75, 3.05) is 27.2 Å². The topological polar surface area (TPSA) is 105 Å². The Kier molecular flexibility index (Phi) is 7.61. The lowest BCUT2D eigenvalue weighted by Gasteiger charge is -2.18. The number of aliphatic imine (C=N–C) groups is 2. The van der Waals surface area contributed by atoms with Gasteiger partial charge >= 0.3 is 0 Å². The highest BCUT2D eigenvalue weighted by Gasteiger charge is 2.15. The lowest BCUT2D eigenvalue weighted by Crippen LogP contribution is -2.33. The molecule has 2 heterocycles. The summed E-state index contributed by atoms with van der Waals surface area (Å²) in [6.07, 6.45) is 11.7. The largest absolute Gasteiger partial charge is 0.759 e. The van der Waals surface area contributed by atoms with E-state index in [0.29, 0.717) is 0 Å². The molecule has 0 bridgehead atoms. The van der Waals surface area contributed by atoms with E-state index in [1.54, 1.807) is 0 Å². The zero-order chi connectivity index (χ0) is 16.6. The lowest BCUT2D eigenvalue weighted by molar-refractivity contribution is -0.754. The van der Waals surface area contributed by atoms with Gasteiger partial charge in [0.25, 0.3) is 0 Å². The molecule has 0 aromatic carbocycles. The van der Waals surface area contributed by atoms with Gasteiger partial charge in [-0.2, -0.15) is 0 Å². The van der Waals surface area contributed by atoms with Gasteiger partial charge in [0.15, 0.2) is 12.7 Å². The molecule has 2 atom stereocenters. The van der Waals surface area contributed by atoms with Crippen molar-refractivity contribution in [2.24, 2.45) is 9.98 Å². The van der Waals surface area contributed by atoms with E-state index in [0.717, 1.165) is 22.1 Å². The van der Waals surface area contributed by atoms with E-state index in [4.69, 9.17) is 17.5 Å². The van der Waals surface area contributed by atoms with E-state index in [1.807, 2.05) is 25.1 Å². The summed E-state index contributed by atoms with van der Waals surface area (Å²) in [5.74, 6) is 0. The Balaban J connectivity index is 0.000000296. The van der Waals surface area contributed by atoms with Crippen LogP contribution in [0.3, 0.4) is 0 Å². The van der Waals surface area contributed by atoms with Crippen molar-refractivity contribution in [1.82, 2.24) is 0 Å². The third-order valence-electron chi connectivity index (χ3n) is 3.01. The molecule has 120 valence electrons. The maximum absolute atomic E-state index is 8.52. The minimum atomic E-state index is -5.17. The molecule has 0 aromatic heterocycles. The number of hydrogen-bond donors (Lipinski definition) is 0. The van der Waals surface area contributed by atoms with Gasteiger partial charge in [-0.3, -0.25) is 17.4 Å². The van der Waals surface area contributed by atoms with Gasteiger partial charge < -0.3 is 9.11 Å². The van der Waals surface area contributed by atoms with Gasteiger partial charge in [-0.1, -0.05) is 0 Å². The van der Waals surface area contributed by atoms with Crippen LogP contribution < -0.4 is 0 Å². The van der Waals surface area contributed by atoms with Crippen LogP contribution in [0.5, 0.6) is 0 Å². The van der Waals surface area contributed by atoms with Gasteiger partial charge in [0, 0.05) is 10.4 Å². The molecule has 0 aromatic rings. The Labute approximate surface area is 126 Å². The first-order valence-corrected chi connectivity index (χ1v) is 7.67. The van der Waals surface area contributed by atoms with Gasteiger partial charge in [0.05, 0.1) is 39.6 Å². The molecule has 0 radical (unpaired) electrons. The highest BCUT2D eigenvalue weighted by molar-refractivity contribution is 7.79. The number of hydrogen-bond acceptors (Lipinski definition) is 6. The van der Waals surface area contributed by atoms with Crippen LogP contribution in [0.25, 0.3) is 0 Å². The van der Waals surface area contributed by atoms with Crippen LogP contribution in [-0.2, 0) is 10.4 Å².